The van der Waals surface area contributed by atoms with Crippen LogP contribution in [0.5, 0.6) is 0 Å². The van der Waals surface area contributed by atoms with Gasteiger partial charge in [0.05, 0.1) is 5.54 Å². The Kier molecular flexibility index (Phi) is 2.91. The lowest BCUT2D eigenvalue weighted by atomic mass is 9.73. The predicted octanol–water partition coefficient (Wildman–Crippen LogP) is 2.41. The molecule has 80 valence electrons. The third-order valence-corrected chi connectivity index (χ3v) is 4.00. The van der Waals surface area contributed by atoms with E-state index in [0.717, 1.165) is 32.1 Å². The fraction of sp³-hybridized carbons (Fsp3) is 0.917. The van der Waals surface area contributed by atoms with E-state index < -0.39 is 5.54 Å². The Bertz CT molecular complexity index is 214. The second-order valence-corrected chi connectivity index (χ2v) is 5.14. The van der Waals surface area contributed by atoms with E-state index in [9.17, 15) is 4.79 Å². The van der Waals surface area contributed by atoms with Crippen molar-refractivity contribution in [3.63, 3.8) is 0 Å². The molecule has 2 fully saturated rings. The standard InChI is InChI=1S/C12H21NO/c13-12(7-2-1-3-8-12)11(14)9-10-5-4-6-10/h10H,1-9,13H2. The highest BCUT2D eigenvalue weighted by atomic mass is 16.1. The molecule has 0 aromatic heterocycles. The van der Waals surface area contributed by atoms with Gasteiger partial charge in [-0.1, -0.05) is 38.5 Å². The number of carbonyl (C=O) groups excluding carboxylic acids is 1. The molecule has 0 heterocycles. The van der Waals surface area contributed by atoms with Crippen LogP contribution in [0, 0.1) is 5.92 Å². The van der Waals surface area contributed by atoms with Gasteiger partial charge in [-0.25, -0.2) is 0 Å². The van der Waals surface area contributed by atoms with Gasteiger partial charge in [0.15, 0.2) is 5.78 Å². The first-order valence-electron chi connectivity index (χ1n) is 6.03. The fourth-order valence-electron chi connectivity index (χ4n) is 2.62. The van der Waals surface area contributed by atoms with Crippen LogP contribution in [0.3, 0.4) is 0 Å². The number of carbonyl (C=O) groups is 1. The number of hydrogen-bond donors (Lipinski definition) is 1. The molecule has 2 N–H and O–H groups in total. The van der Waals surface area contributed by atoms with Crippen LogP contribution in [0.25, 0.3) is 0 Å². The molecule has 0 aromatic carbocycles. The van der Waals surface area contributed by atoms with Crippen LogP contribution in [0.15, 0.2) is 0 Å². The van der Waals surface area contributed by atoms with Gasteiger partial charge in [-0.2, -0.15) is 0 Å². The van der Waals surface area contributed by atoms with E-state index in [1.54, 1.807) is 0 Å². The molecule has 0 amide bonds. The predicted molar refractivity (Wildman–Crippen MR) is 57.0 cm³/mol. The van der Waals surface area contributed by atoms with Crippen LogP contribution in [0.4, 0.5) is 0 Å². The molecule has 0 radical (unpaired) electrons. The topological polar surface area (TPSA) is 43.1 Å². The molecule has 2 aliphatic carbocycles. The molecule has 2 rings (SSSR count). The second-order valence-electron chi connectivity index (χ2n) is 5.14. The van der Waals surface area contributed by atoms with Crippen LogP contribution >= 0.6 is 0 Å². The highest BCUT2D eigenvalue weighted by Crippen LogP contribution is 2.34. The van der Waals surface area contributed by atoms with E-state index in [1.807, 2.05) is 0 Å². The zero-order chi connectivity index (χ0) is 10.0. The average molecular weight is 195 g/mol. The summed E-state index contributed by atoms with van der Waals surface area (Å²) in [6.07, 6.45) is 9.99. The van der Waals surface area contributed by atoms with Crippen LogP contribution in [0.2, 0.25) is 0 Å². The van der Waals surface area contributed by atoms with Crippen LogP contribution in [-0.4, -0.2) is 11.3 Å². The van der Waals surface area contributed by atoms with Gasteiger partial charge in [-0.3, -0.25) is 4.79 Å². The maximum Gasteiger partial charge on any atom is 0.152 e. The van der Waals surface area contributed by atoms with Crippen molar-refractivity contribution in [2.75, 3.05) is 0 Å². The summed E-state index contributed by atoms with van der Waals surface area (Å²) in [5, 5.41) is 0. The fourth-order valence-corrected chi connectivity index (χ4v) is 2.62. The molecular weight excluding hydrogens is 174 g/mol. The number of rotatable bonds is 3. The number of hydrogen-bond acceptors (Lipinski definition) is 2. The smallest absolute Gasteiger partial charge is 0.152 e. The molecule has 0 saturated heterocycles. The summed E-state index contributed by atoms with van der Waals surface area (Å²) in [7, 11) is 0. The van der Waals surface area contributed by atoms with Crippen LogP contribution in [0.1, 0.15) is 57.8 Å². The van der Waals surface area contributed by atoms with Gasteiger partial charge in [-0.05, 0) is 18.8 Å². The Hall–Kier alpha value is -0.370. The third-order valence-electron chi connectivity index (χ3n) is 4.00. The molecule has 0 aliphatic heterocycles. The minimum absolute atomic E-state index is 0.349. The highest BCUT2D eigenvalue weighted by molar-refractivity contribution is 5.88. The zero-order valence-corrected chi connectivity index (χ0v) is 8.93. The van der Waals surface area contributed by atoms with Crippen molar-refractivity contribution < 1.29 is 4.79 Å². The molecule has 0 aromatic rings. The van der Waals surface area contributed by atoms with Crippen molar-refractivity contribution >= 4 is 5.78 Å². The summed E-state index contributed by atoms with van der Waals surface area (Å²) < 4.78 is 0. The Labute approximate surface area is 86.2 Å². The van der Waals surface area contributed by atoms with Crippen molar-refractivity contribution in [2.45, 2.75) is 63.3 Å². The molecule has 0 unspecified atom stereocenters. The zero-order valence-electron chi connectivity index (χ0n) is 8.93. The van der Waals surface area contributed by atoms with E-state index in [4.69, 9.17) is 5.73 Å². The first-order chi connectivity index (χ1) is 6.71. The molecule has 2 nitrogen and oxygen atoms in total. The Morgan fingerprint density at radius 2 is 1.79 bits per heavy atom. The maximum atomic E-state index is 12.0. The van der Waals surface area contributed by atoms with Gasteiger partial charge in [0.2, 0.25) is 0 Å². The normalized spacial score (nSPS) is 26.9. The quantitative estimate of drug-likeness (QED) is 0.751. The van der Waals surface area contributed by atoms with Gasteiger partial charge < -0.3 is 5.73 Å². The largest absolute Gasteiger partial charge is 0.319 e. The molecule has 2 heteroatoms. The average Bonchev–Trinajstić information content (AvgIpc) is 2.12. The summed E-state index contributed by atoms with van der Waals surface area (Å²) in [4.78, 5) is 12.0. The van der Waals surface area contributed by atoms with E-state index in [-0.39, 0.29) is 0 Å². The minimum atomic E-state index is -0.437. The number of ketones is 1. The van der Waals surface area contributed by atoms with Crippen molar-refractivity contribution in [1.82, 2.24) is 0 Å². The van der Waals surface area contributed by atoms with Crippen molar-refractivity contribution in [2.24, 2.45) is 11.7 Å². The van der Waals surface area contributed by atoms with Crippen molar-refractivity contribution in [3.8, 4) is 0 Å². The minimum Gasteiger partial charge on any atom is -0.319 e. The Balaban J connectivity index is 1.87. The summed E-state index contributed by atoms with van der Waals surface area (Å²) in [5.41, 5.74) is 5.74. The van der Waals surface area contributed by atoms with Gasteiger partial charge in [0.1, 0.15) is 0 Å². The lowest BCUT2D eigenvalue weighted by Crippen LogP contribution is -2.50. The van der Waals surface area contributed by atoms with E-state index in [1.165, 1.54) is 25.7 Å². The lowest BCUT2D eigenvalue weighted by molar-refractivity contribution is -0.126. The summed E-state index contributed by atoms with van der Waals surface area (Å²) in [6, 6.07) is 0. The summed E-state index contributed by atoms with van der Waals surface area (Å²) in [5.74, 6) is 1.02. The first kappa shape index (κ1) is 10.2. The van der Waals surface area contributed by atoms with Gasteiger partial charge in [0, 0.05) is 6.42 Å². The van der Waals surface area contributed by atoms with Gasteiger partial charge >= 0.3 is 0 Å². The van der Waals surface area contributed by atoms with Crippen LogP contribution in [-0.2, 0) is 4.79 Å². The maximum absolute atomic E-state index is 12.0. The monoisotopic (exact) mass is 195 g/mol. The van der Waals surface area contributed by atoms with Gasteiger partial charge in [-0.15, -0.1) is 0 Å². The SMILES string of the molecule is NC1(C(=O)CC2CCC2)CCCCC1. The highest BCUT2D eigenvalue weighted by Gasteiger charge is 2.36. The molecule has 0 bridgehead atoms. The molecule has 2 aliphatic rings. The third kappa shape index (κ3) is 2.00. The van der Waals surface area contributed by atoms with E-state index in [0.29, 0.717) is 11.7 Å². The van der Waals surface area contributed by atoms with Crippen molar-refractivity contribution in [3.05, 3.63) is 0 Å². The molecule has 0 spiro atoms. The second kappa shape index (κ2) is 4.01. The molecular formula is C12H21NO. The first-order valence-corrected chi connectivity index (χ1v) is 6.03. The van der Waals surface area contributed by atoms with Crippen molar-refractivity contribution in [1.29, 1.82) is 0 Å². The molecule has 0 atom stereocenters. The van der Waals surface area contributed by atoms with Crippen LogP contribution < -0.4 is 5.73 Å². The van der Waals surface area contributed by atoms with Gasteiger partial charge in [0.25, 0.3) is 0 Å². The summed E-state index contributed by atoms with van der Waals surface area (Å²) >= 11 is 0. The number of Topliss-reactive ketones (excluding diaryl/α,β-unsaturated/α-hetero) is 1. The summed E-state index contributed by atoms with van der Waals surface area (Å²) in [6.45, 7) is 0. The molecule has 2 saturated carbocycles. The molecule has 14 heavy (non-hydrogen) atoms. The Morgan fingerprint density at radius 3 is 2.29 bits per heavy atom. The van der Waals surface area contributed by atoms with E-state index >= 15 is 0 Å². The number of nitrogens with two attached hydrogens (primary N) is 1. The lowest BCUT2D eigenvalue weighted by Gasteiger charge is -2.34. The Morgan fingerprint density at radius 1 is 1.14 bits per heavy atom. The van der Waals surface area contributed by atoms with E-state index in [2.05, 4.69) is 0 Å².